The van der Waals surface area contributed by atoms with Gasteiger partial charge in [-0.15, -0.1) is 0 Å². The number of hydrogen-bond acceptors (Lipinski definition) is 5. The third-order valence-corrected chi connectivity index (χ3v) is 8.84. The molecule has 3 rings (SSSR count). The number of benzene rings is 2. The Labute approximate surface area is 171 Å². The number of hydrogen-bond donors (Lipinski definition) is 0. The van der Waals surface area contributed by atoms with Crippen molar-refractivity contribution in [2.24, 2.45) is 0 Å². The molecule has 8 heteroatoms. The van der Waals surface area contributed by atoms with Crippen LogP contribution in [0, 0.1) is 5.21 Å². The van der Waals surface area contributed by atoms with Gasteiger partial charge in [0, 0.05) is 12.0 Å². The van der Waals surface area contributed by atoms with Crippen LogP contribution in [0.5, 0.6) is 0 Å². The first-order chi connectivity index (χ1) is 13.8. The molecule has 1 aliphatic heterocycles. The maximum atomic E-state index is 12.7. The van der Waals surface area contributed by atoms with E-state index < -0.39 is 30.7 Å². The highest BCUT2D eigenvalue weighted by Crippen LogP contribution is 2.30. The third-order valence-electron chi connectivity index (χ3n) is 4.78. The summed E-state index contributed by atoms with van der Waals surface area (Å²) < 4.78 is 51.0. The second kappa shape index (κ2) is 8.92. The summed E-state index contributed by atoms with van der Waals surface area (Å²) in [6, 6.07) is 17.2. The highest BCUT2D eigenvalue weighted by atomic mass is 32.2. The van der Waals surface area contributed by atoms with Crippen LogP contribution in [-0.2, 0) is 26.2 Å². The van der Waals surface area contributed by atoms with Gasteiger partial charge in [-0.1, -0.05) is 54.6 Å². The molecule has 1 unspecified atom stereocenters. The maximum absolute atomic E-state index is 12.7. The van der Waals surface area contributed by atoms with Crippen LogP contribution in [0.25, 0.3) is 0 Å². The maximum Gasteiger partial charge on any atom is 0.203 e. The Hall–Kier alpha value is -2.45. The van der Waals surface area contributed by atoms with Gasteiger partial charge in [-0.25, -0.2) is 21.6 Å². The summed E-state index contributed by atoms with van der Waals surface area (Å²) in [6.45, 7) is 0.238. The number of unbranched alkanes of at least 4 members (excludes halogenated alkanes) is 1. The van der Waals surface area contributed by atoms with E-state index in [9.17, 15) is 22.0 Å². The molecule has 29 heavy (non-hydrogen) atoms. The average molecular weight is 434 g/mol. The van der Waals surface area contributed by atoms with E-state index in [0.29, 0.717) is 12.8 Å². The van der Waals surface area contributed by atoms with Crippen molar-refractivity contribution in [1.82, 2.24) is 0 Å². The molecule has 2 aromatic carbocycles. The molecule has 0 bridgehead atoms. The van der Waals surface area contributed by atoms with Crippen LogP contribution in [0.3, 0.4) is 0 Å². The summed E-state index contributed by atoms with van der Waals surface area (Å²) >= 11 is 0. The highest BCUT2D eigenvalue weighted by Gasteiger charge is 2.37. The lowest BCUT2D eigenvalue weighted by Crippen LogP contribution is -2.17. The lowest BCUT2D eigenvalue weighted by molar-refractivity contribution is -0.471. The molecule has 2 aromatic rings. The van der Waals surface area contributed by atoms with E-state index in [-0.39, 0.29) is 22.8 Å². The average Bonchev–Trinajstić information content (AvgIpc) is 3.02. The zero-order chi connectivity index (χ0) is 20.9. The van der Waals surface area contributed by atoms with Gasteiger partial charge in [0.15, 0.2) is 22.6 Å². The van der Waals surface area contributed by atoms with E-state index in [1.807, 2.05) is 30.3 Å². The Balaban J connectivity index is 1.61. The molecule has 0 radical (unpaired) electrons. The van der Waals surface area contributed by atoms with Crippen LogP contribution in [0.15, 0.2) is 76.5 Å². The van der Waals surface area contributed by atoms with Gasteiger partial charge in [-0.05, 0) is 25.0 Å². The first-order valence-electron chi connectivity index (χ1n) is 9.32. The first-order valence-corrected chi connectivity index (χ1v) is 12.5. The van der Waals surface area contributed by atoms with Gasteiger partial charge >= 0.3 is 0 Å². The zero-order valence-electron chi connectivity index (χ0n) is 15.8. The van der Waals surface area contributed by atoms with Gasteiger partial charge in [0.1, 0.15) is 0 Å². The molecule has 0 amide bonds. The van der Waals surface area contributed by atoms with Gasteiger partial charge in [-0.3, -0.25) is 0 Å². The van der Waals surface area contributed by atoms with E-state index in [4.69, 9.17) is 0 Å². The summed E-state index contributed by atoms with van der Waals surface area (Å²) in [6.07, 6.45) is 4.05. The summed E-state index contributed by atoms with van der Waals surface area (Å²) in [5, 5.41) is 11.1. The molecule has 0 aliphatic carbocycles. The predicted octanol–water partition coefficient (Wildman–Crippen LogP) is 3.09. The Bertz CT molecular complexity index is 1110. The Morgan fingerprint density at radius 2 is 1.66 bits per heavy atom. The van der Waals surface area contributed by atoms with Crippen LogP contribution in [0.4, 0.5) is 0 Å². The van der Waals surface area contributed by atoms with E-state index in [2.05, 4.69) is 0 Å². The molecule has 0 saturated carbocycles. The minimum atomic E-state index is -3.81. The normalized spacial score (nSPS) is 19.1. The standard InChI is InChI=1S/C21H23NO5S2/c23-22(16-18-9-3-1-4-10-18)14-8-7-13-20-15-21(17-28(20,24)25)29(26,27)19-11-5-2-6-12-19/h1-6,9-12,14-15,20H,7-8,13,16-17H2/b22-14+. The van der Waals surface area contributed by atoms with Crippen molar-refractivity contribution in [2.75, 3.05) is 5.75 Å². The quantitative estimate of drug-likeness (QED) is 0.210. The molecule has 0 aromatic heterocycles. The largest absolute Gasteiger partial charge is 0.624 e. The minimum absolute atomic E-state index is 0.0628. The monoisotopic (exact) mass is 433 g/mol. The summed E-state index contributed by atoms with van der Waals surface area (Å²) in [5.74, 6) is -0.472. The molecular formula is C21H23NO5S2. The van der Waals surface area contributed by atoms with Gasteiger partial charge in [0.2, 0.25) is 9.84 Å². The number of nitrogens with zero attached hydrogens (tertiary/aromatic N) is 1. The van der Waals surface area contributed by atoms with Gasteiger partial charge in [-0.2, -0.15) is 0 Å². The van der Waals surface area contributed by atoms with E-state index in [0.717, 1.165) is 10.3 Å². The van der Waals surface area contributed by atoms with Crippen LogP contribution >= 0.6 is 0 Å². The molecule has 1 atom stereocenters. The van der Waals surface area contributed by atoms with Crippen molar-refractivity contribution in [1.29, 1.82) is 0 Å². The highest BCUT2D eigenvalue weighted by molar-refractivity contribution is 7.99. The molecule has 154 valence electrons. The SMILES string of the molecule is O=S(=O)(C1=CC(CCC/C=[N+](/[O-])Cc2ccccc2)S(=O)(=O)C1)c1ccccc1. The van der Waals surface area contributed by atoms with Crippen molar-refractivity contribution >= 4 is 25.9 Å². The topological polar surface area (TPSA) is 94.3 Å². The second-order valence-electron chi connectivity index (χ2n) is 6.97. The fourth-order valence-corrected chi connectivity index (χ4v) is 7.19. The summed E-state index contributed by atoms with van der Waals surface area (Å²) in [5.41, 5.74) is 0.899. The fraction of sp³-hybridized carbons (Fsp3) is 0.286. The lowest BCUT2D eigenvalue weighted by atomic mass is 10.2. The zero-order valence-corrected chi connectivity index (χ0v) is 17.5. The van der Waals surface area contributed by atoms with E-state index >= 15 is 0 Å². The molecule has 0 N–H and O–H groups in total. The minimum Gasteiger partial charge on any atom is -0.624 e. The number of hydroxylamine groups is 1. The van der Waals surface area contributed by atoms with Crippen LogP contribution in [0.1, 0.15) is 24.8 Å². The molecule has 6 nitrogen and oxygen atoms in total. The number of sulfone groups is 2. The van der Waals surface area contributed by atoms with Crippen molar-refractivity contribution in [3.8, 4) is 0 Å². The van der Waals surface area contributed by atoms with Crippen molar-refractivity contribution in [3.63, 3.8) is 0 Å². The van der Waals surface area contributed by atoms with Gasteiger partial charge in [0.25, 0.3) is 0 Å². The first kappa shape index (κ1) is 21.3. The lowest BCUT2D eigenvalue weighted by Gasteiger charge is -2.07. The predicted molar refractivity (Wildman–Crippen MR) is 113 cm³/mol. The molecule has 0 fully saturated rings. The molecule has 1 aliphatic rings. The van der Waals surface area contributed by atoms with Crippen LogP contribution < -0.4 is 0 Å². The van der Waals surface area contributed by atoms with Gasteiger partial charge in [0.05, 0.1) is 20.8 Å². The second-order valence-corrected chi connectivity index (χ2v) is 11.2. The van der Waals surface area contributed by atoms with Crippen molar-refractivity contribution < 1.29 is 21.6 Å². The van der Waals surface area contributed by atoms with E-state index in [1.54, 1.807) is 18.2 Å². The Morgan fingerprint density at radius 3 is 2.31 bits per heavy atom. The summed E-state index contributed by atoms with van der Waals surface area (Å²) in [7, 11) is -7.36. The van der Waals surface area contributed by atoms with Crippen molar-refractivity contribution in [3.05, 3.63) is 82.4 Å². The molecule has 1 heterocycles. The fourth-order valence-electron chi connectivity index (χ4n) is 3.23. The number of rotatable bonds is 8. The van der Waals surface area contributed by atoms with Crippen LogP contribution in [0.2, 0.25) is 0 Å². The van der Waals surface area contributed by atoms with E-state index in [1.165, 1.54) is 24.4 Å². The Morgan fingerprint density at radius 1 is 1.03 bits per heavy atom. The molecule has 0 saturated heterocycles. The Kier molecular flexibility index (Phi) is 6.54. The molecule has 0 spiro atoms. The van der Waals surface area contributed by atoms with Crippen molar-refractivity contribution in [2.45, 2.75) is 36.0 Å². The smallest absolute Gasteiger partial charge is 0.203 e. The molecular weight excluding hydrogens is 410 g/mol. The van der Waals surface area contributed by atoms with Gasteiger partial charge < -0.3 is 5.21 Å². The summed E-state index contributed by atoms with van der Waals surface area (Å²) in [4.78, 5) is 0.0329. The third kappa shape index (κ3) is 5.33. The van der Waals surface area contributed by atoms with Crippen LogP contribution in [-0.4, -0.2) is 38.8 Å².